The predicted molar refractivity (Wildman–Crippen MR) is 97.3 cm³/mol. The number of carbonyl (C=O) groups excluding carboxylic acids is 2. The molecule has 27 heavy (non-hydrogen) atoms. The molecule has 0 saturated heterocycles. The normalized spacial score (nSPS) is 11.1. The van der Waals surface area contributed by atoms with E-state index in [0.29, 0.717) is 5.56 Å². The molecule has 0 aromatic heterocycles. The molecule has 0 unspecified atom stereocenters. The molecule has 8 heteroatoms. The number of alkyl halides is 3. The number of para-hydroxylation sites is 1. The average molecular weight is 444 g/mol. The zero-order valence-electron chi connectivity index (χ0n) is 14.4. The van der Waals surface area contributed by atoms with Crippen molar-refractivity contribution in [1.82, 2.24) is 4.90 Å². The summed E-state index contributed by atoms with van der Waals surface area (Å²) < 4.78 is 42.2. The highest BCUT2D eigenvalue weighted by molar-refractivity contribution is 9.10. The quantitative estimate of drug-likeness (QED) is 0.567. The van der Waals surface area contributed by atoms with Crippen LogP contribution in [0.1, 0.15) is 28.8 Å². The zero-order chi connectivity index (χ0) is 20.0. The first-order valence-electron chi connectivity index (χ1n) is 8.02. The molecule has 1 amide bonds. The van der Waals surface area contributed by atoms with Crippen LogP contribution < -0.4 is 4.74 Å². The van der Waals surface area contributed by atoms with Crippen LogP contribution in [0.2, 0.25) is 0 Å². The first-order chi connectivity index (χ1) is 12.7. The van der Waals surface area contributed by atoms with Gasteiger partial charge < -0.3 is 9.64 Å². The number of ether oxygens (including phenoxy) is 1. The van der Waals surface area contributed by atoms with Crippen LogP contribution in [-0.4, -0.2) is 30.0 Å². The van der Waals surface area contributed by atoms with Gasteiger partial charge in [-0.3, -0.25) is 9.59 Å². The number of carbonyl (C=O) groups is 2. The maximum Gasteiger partial charge on any atom is 0.573 e. The molecule has 0 heterocycles. The Morgan fingerprint density at radius 1 is 1.04 bits per heavy atom. The summed E-state index contributed by atoms with van der Waals surface area (Å²) in [6.45, 7) is -0.0580. The number of hydrogen-bond donors (Lipinski definition) is 0. The van der Waals surface area contributed by atoms with Crippen LogP contribution in [0.3, 0.4) is 0 Å². The monoisotopic (exact) mass is 443 g/mol. The van der Waals surface area contributed by atoms with Crippen molar-refractivity contribution in [1.29, 1.82) is 0 Å². The number of ketones is 1. The summed E-state index contributed by atoms with van der Waals surface area (Å²) in [7, 11) is 1.47. The molecule has 2 aromatic carbocycles. The maximum absolute atomic E-state index is 12.5. The molecule has 0 atom stereocenters. The molecule has 0 fully saturated rings. The van der Waals surface area contributed by atoms with Gasteiger partial charge in [0.05, 0.1) is 0 Å². The number of halogens is 4. The summed E-state index contributed by atoms with van der Waals surface area (Å²) in [5.74, 6) is -0.872. The lowest BCUT2D eigenvalue weighted by molar-refractivity contribution is -0.275. The number of nitrogens with zero attached hydrogens (tertiary/aromatic N) is 1. The van der Waals surface area contributed by atoms with Crippen molar-refractivity contribution in [3.8, 4) is 5.75 Å². The third-order valence-electron chi connectivity index (χ3n) is 3.76. The van der Waals surface area contributed by atoms with E-state index in [2.05, 4.69) is 20.7 Å². The molecular formula is C19H17BrF3NO3. The van der Waals surface area contributed by atoms with E-state index in [-0.39, 0.29) is 42.4 Å². The maximum atomic E-state index is 12.5. The van der Waals surface area contributed by atoms with Gasteiger partial charge in [0, 0.05) is 42.0 Å². The van der Waals surface area contributed by atoms with Gasteiger partial charge in [-0.2, -0.15) is 0 Å². The summed E-state index contributed by atoms with van der Waals surface area (Å²) in [4.78, 5) is 25.6. The topological polar surface area (TPSA) is 46.6 Å². The molecule has 144 valence electrons. The van der Waals surface area contributed by atoms with E-state index in [9.17, 15) is 22.8 Å². The molecule has 0 N–H and O–H groups in total. The second-order valence-corrected chi connectivity index (χ2v) is 6.75. The Bertz CT molecular complexity index is 807. The van der Waals surface area contributed by atoms with Gasteiger partial charge in [-0.25, -0.2) is 0 Å². The van der Waals surface area contributed by atoms with E-state index in [1.807, 2.05) is 0 Å². The second kappa shape index (κ2) is 9.03. The molecule has 4 nitrogen and oxygen atoms in total. The van der Waals surface area contributed by atoms with Crippen molar-refractivity contribution < 1.29 is 27.5 Å². The number of rotatable bonds is 7. The van der Waals surface area contributed by atoms with Crippen LogP contribution in [0.15, 0.2) is 53.0 Å². The van der Waals surface area contributed by atoms with Crippen LogP contribution in [0.5, 0.6) is 5.75 Å². The summed E-state index contributed by atoms with van der Waals surface area (Å²) >= 11 is 3.28. The van der Waals surface area contributed by atoms with Crippen molar-refractivity contribution in [2.45, 2.75) is 25.7 Å². The Morgan fingerprint density at radius 2 is 1.67 bits per heavy atom. The summed E-state index contributed by atoms with van der Waals surface area (Å²) in [6.07, 6.45) is -4.82. The van der Waals surface area contributed by atoms with Gasteiger partial charge in [0.2, 0.25) is 5.91 Å². The van der Waals surface area contributed by atoms with Gasteiger partial charge >= 0.3 is 6.36 Å². The molecule has 2 aromatic rings. The largest absolute Gasteiger partial charge is 0.573 e. The fourth-order valence-electron chi connectivity index (χ4n) is 2.39. The minimum atomic E-state index is -4.81. The highest BCUT2D eigenvalue weighted by atomic mass is 79.9. The number of benzene rings is 2. The first kappa shape index (κ1) is 21.0. The van der Waals surface area contributed by atoms with E-state index in [1.165, 1.54) is 30.1 Å². The van der Waals surface area contributed by atoms with E-state index < -0.39 is 6.36 Å². The molecule has 0 spiro atoms. The Kier molecular flexibility index (Phi) is 7.01. The van der Waals surface area contributed by atoms with Crippen LogP contribution in [0, 0.1) is 0 Å². The molecule has 0 bridgehead atoms. The zero-order valence-corrected chi connectivity index (χ0v) is 16.0. The van der Waals surface area contributed by atoms with Crippen LogP contribution in [0.25, 0.3) is 0 Å². The SMILES string of the molecule is CN(Cc1ccccc1OC(F)(F)F)C(=O)CCC(=O)c1ccc(Br)cc1. The Morgan fingerprint density at radius 3 is 2.30 bits per heavy atom. The Labute approximate surface area is 163 Å². The minimum Gasteiger partial charge on any atom is -0.405 e. The van der Waals surface area contributed by atoms with Crippen molar-refractivity contribution in [2.75, 3.05) is 7.05 Å². The highest BCUT2D eigenvalue weighted by Gasteiger charge is 2.32. The van der Waals surface area contributed by atoms with Gasteiger partial charge in [0.15, 0.2) is 5.78 Å². The lowest BCUT2D eigenvalue weighted by Crippen LogP contribution is -2.27. The Balaban J connectivity index is 1.94. The van der Waals surface area contributed by atoms with Crippen LogP contribution >= 0.6 is 15.9 Å². The van der Waals surface area contributed by atoms with E-state index in [0.717, 1.165) is 4.47 Å². The minimum absolute atomic E-state index is 0.0193. The fraction of sp³-hybridized carbons (Fsp3) is 0.263. The van der Waals surface area contributed by atoms with Gasteiger partial charge in [-0.05, 0) is 18.2 Å². The molecular weight excluding hydrogens is 427 g/mol. The van der Waals surface area contributed by atoms with Gasteiger partial charge in [-0.15, -0.1) is 13.2 Å². The summed E-state index contributed by atoms with van der Waals surface area (Å²) in [6, 6.07) is 12.4. The fourth-order valence-corrected chi connectivity index (χ4v) is 2.66. The molecule has 0 radical (unpaired) electrons. The highest BCUT2D eigenvalue weighted by Crippen LogP contribution is 2.27. The van der Waals surface area contributed by atoms with Crippen LogP contribution in [0.4, 0.5) is 13.2 Å². The van der Waals surface area contributed by atoms with Gasteiger partial charge in [-0.1, -0.05) is 46.3 Å². The van der Waals surface area contributed by atoms with Gasteiger partial charge in [0.1, 0.15) is 5.75 Å². The summed E-state index contributed by atoms with van der Waals surface area (Å²) in [5, 5.41) is 0. The third-order valence-corrected chi connectivity index (χ3v) is 4.29. The summed E-state index contributed by atoms with van der Waals surface area (Å²) in [5.41, 5.74) is 0.725. The van der Waals surface area contributed by atoms with Crippen molar-refractivity contribution in [3.63, 3.8) is 0 Å². The number of Topliss-reactive ketones (excluding diaryl/α,β-unsaturated/α-hetero) is 1. The lowest BCUT2D eigenvalue weighted by atomic mass is 10.1. The van der Waals surface area contributed by atoms with Crippen LogP contribution in [-0.2, 0) is 11.3 Å². The standard InChI is InChI=1S/C19H17BrF3NO3/c1-24(12-14-4-2-3-5-17(14)27-19(21,22)23)18(26)11-10-16(25)13-6-8-15(20)9-7-13/h2-9H,10-12H2,1H3. The predicted octanol–water partition coefficient (Wildman–Crippen LogP) is 4.97. The van der Waals surface area contributed by atoms with E-state index in [4.69, 9.17) is 0 Å². The van der Waals surface area contributed by atoms with E-state index in [1.54, 1.807) is 30.3 Å². The molecule has 2 rings (SSSR count). The second-order valence-electron chi connectivity index (χ2n) is 5.84. The van der Waals surface area contributed by atoms with Crippen molar-refractivity contribution in [2.24, 2.45) is 0 Å². The molecule has 0 saturated carbocycles. The van der Waals surface area contributed by atoms with Gasteiger partial charge in [0.25, 0.3) is 0 Å². The first-order valence-corrected chi connectivity index (χ1v) is 8.81. The van der Waals surface area contributed by atoms with E-state index >= 15 is 0 Å². The Hall–Kier alpha value is -2.35. The molecule has 0 aliphatic heterocycles. The molecule has 0 aliphatic rings. The van der Waals surface area contributed by atoms with Crippen molar-refractivity contribution in [3.05, 3.63) is 64.1 Å². The third kappa shape index (κ3) is 6.71. The van der Waals surface area contributed by atoms with Crippen molar-refractivity contribution >= 4 is 27.6 Å². The number of amides is 1. The molecule has 0 aliphatic carbocycles. The average Bonchev–Trinajstić information content (AvgIpc) is 2.60. The number of hydrogen-bond acceptors (Lipinski definition) is 3. The smallest absolute Gasteiger partial charge is 0.405 e. The lowest BCUT2D eigenvalue weighted by Gasteiger charge is -2.20.